The number of halogens is 4. The number of likely N-dealkylation sites (tertiary alicyclic amines) is 1. The first-order chi connectivity index (χ1) is 22.9. The van der Waals surface area contributed by atoms with Gasteiger partial charge in [-0.3, -0.25) is 14.5 Å². The predicted octanol–water partition coefficient (Wildman–Crippen LogP) is 5.95. The van der Waals surface area contributed by atoms with Crippen molar-refractivity contribution in [2.75, 3.05) is 32.8 Å². The number of aliphatic hydroxyl groups excluding tert-OH is 1. The van der Waals surface area contributed by atoms with Gasteiger partial charge in [0.1, 0.15) is 27.8 Å². The molecule has 258 valence electrons. The summed E-state index contributed by atoms with van der Waals surface area (Å²) in [6.45, 7) is 2.68. The standard InChI is InChI=1S/C33H36F4N4O5S2/c34-27-20(4-1-2-7-24(42)22-8-9-25(43)28-29(22)48-31(45)39-28)5-3-6-21(27)17-40-12-10-32(11-13-40)19-41(14-15-46-32)30(44)23-18-47-26(38-23)16-33(35,36)37/h3,5-6,8-9,18,24,42-43H,1-2,4,7,10-17,19H2,(H,39,45)/t24-/m0/s1. The van der Waals surface area contributed by atoms with Gasteiger partial charge in [-0.05, 0) is 43.7 Å². The van der Waals surface area contributed by atoms with Crippen LogP contribution in [0.3, 0.4) is 0 Å². The van der Waals surface area contributed by atoms with Crippen LogP contribution in [0.1, 0.15) is 70.4 Å². The van der Waals surface area contributed by atoms with E-state index in [4.69, 9.17) is 4.74 Å². The first-order valence-corrected chi connectivity index (χ1v) is 17.6. The number of alkyl halides is 3. The summed E-state index contributed by atoms with van der Waals surface area (Å²) in [5.74, 6) is -0.678. The number of piperidine rings is 1. The van der Waals surface area contributed by atoms with Gasteiger partial charge in [0.05, 0.1) is 36.0 Å². The van der Waals surface area contributed by atoms with Crippen molar-refractivity contribution in [2.45, 2.75) is 69.4 Å². The van der Waals surface area contributed by atoms with E-state index in [2.05, 4.69) is 14.9 Å². The molecule has 0 radical (unpaired) electrons. The van der Waals surface area contributed by atoms with E-state index in [9.17, 15) is 33.0 Å². The highest BCUT2D eigenvalue weighted by atomic mass is 32.1. The summed E-state index contributed by atoms with van der Waals surface area (Å²) < 4.78 is 60.5. The summed E-state index contributed by atoms with van der Waals surface area (Å²) in [5, 5.41) is 22.0. The molecule has 2 saturated heterocycles. The number of aryl methyl sites for hydroxylation is 1. The van der Waals surface area contributed by atoms with Crippen molar-refractivity contribution in [1.29, 1.82) is 0 Å². The lowest BCUT2D eigenvalue weighted by Crippen LogP contribution is -2.58. The highest BCUT2D eigenvalue weighted by molar-refractivity contribution is 7.16. The van der Waals surface area contributed by atoms with Gasteiger partial charge in [-0.1, -0.05) is 42.0 Å². The summed E-state index contributed by atoms with van der Waals surface area (Å²) in [6, 6.07) is 8.48. The van der Waals surface area contributed by atoms with Crippen LogP contribution in [0.2, 0.25) is 0 Å². The van der Waals surface area contributed by atoms with Gasteiger partial charge in [0.25, 0.3) is 5.91 Å². The van der Waals surface area contributed by atoms with Crippen molar-refractivity contribution >= 4 is 38.8 Å². The number of fused-ring (bicyclic) bond motifs is 1. The lowest BCUT2D eigenvalue weighted by molar-refractivity contribution is -0.128. The van der Waals surface area contributed by atoms with E-state index in [0.29, 0.717) is 105 Å². The number of phenols is 1. The molecule has 0 unspecified atom stereocenters. The van der Waals surface area contributed by atoms with Crippen molar-refractivity contribution in [3.63, 3.8) is 0 Å². The summed E-state index contributed by atoms with van der Waals surface area (Å²) in [4.78, 5) is 34.9. The summed E-state index contributed by atoms with van der Waals surface area (Å²) in [6.07, 6.45) is -2.88. The van der Waals surface area contributed by atoms with Crippen LogP contribution in [0.5, 0.6) is 5.75 Å². The third kappa shape index (κ3) is 7.91. The lowest BCUT2D eigenvalue weighted by Gasteiger charge is -2.47. The zero-order chi connectivity index (χ0) is 34.1. The van der Waals surface area contributed by atoms with Crippen LogP contribution in [0, 0.1) is 5.82 Å². The molecular weight excluding hydrogens is 673 g/mol. The van der Waals surface area contributed by atoms with Gasteiger partial charge in [0.15, 0.2) is 0 Å². The Balaban J connectivity index is 0.986. The van der Waals surface area contributed by atoms with Crippen LogP contribution in [-0.4, -0.2) is 80.5 Å². The number of amides is 1. The number of hydrogen-bond acceptors (Lipinski definition) is 9. The first-order valence-electron chi connectivity index (χ1n) is 15.9. The number of ether oxygens (including phenoxy) is 1. The number of aromatic hydroxyl groups is 1. The minimum absolute atomic E-state index is 0.0233. The average Bonchev–Trinajstić information content (AvgIpc) is 3.67. The molecule has 2 aromatic carbocycles. The van der Waals surface area contributed by atoms with Crippen LogP contribution >= 0.6 is 22.7 Å². The number of thiazole rings is 2. The Morgan fingerprint density at radius 1 is 1.12 bits per heavy atom. The Morgan fingerprint density at radius 3 is 2.67 bits per heavy atom. The van der Waals surface area contributed by atoms with E-state index < -0.39 is 30.2 Å². The fraction of sp³-hybridized carbons (Fsp3) is 0.485. The summed E-state index contributed by atoms with van der Waals surface area (Å²) in [7, 11) is 0. The minimum Gasteiger partial charge on any atom is -0.506 e. The summed E-state index contributed by atoms with van der Waals surface area (Å²) >= 11 is 1.78. The second-order valence-electron chi connectivity index (χ2n) is 12.5. The molecular formula is C33H36F4N4O5S2. The maximum Gasteiger partial charge on any atom is 0.395 e. The third-order valence-corrected chi connectivity index (χ3v) is 10.9. The molecule has 4 heterocycles. The number of phenolic OH excluding ortho intramolecular Hbond substituents is 1. The van der Waals surface area contributed by atoms with Gasteiger partial charge in [-0.25, -0.2) is 9.37 Å². The van der Waals surface area contributed by atoms with E-state index in [1.807, 2.05) is 6.07 Å². The largest absolute Gasteiger partial charge is 0.506 e. The minimum atomic E-state index is -4.39. The average molecular weight is 709 g/mol. The zero-order valence-corrected chi connectivity index (χ0v) is 27.7. The number of benzene rings is 2. The Hall–Kier alpha value is -3.37. The lowest BCUT2D eigenvalue weighted by atomic mass is 9.89. The number of aromatic nitrogens is 2. The number of unbranched alkanes of at least 4 members (excludes halogenated alkanes) is 1. The maximum atomic E-state index is 15.6. The van der Waals surface area contributed by atoms with Gasteiger partial charge < -0.3 is 24.8 Å². The molecule has 2 aromatic heterocycles. The van der Waals surface area contributed by atoms with Gasteiger partial charge in [0.2, 0.25) is 0 Å². The molecule has 0 aliphatic carbocycles. The van der Waals surface area contributed by atoms with Crippen molar-refractivity contribution in [3.05, 3.63) is 78.6 Å². The molecule has 15 heteroatoms. The van der Waals surface area contributed by atoms with E-state index in [0.717, 1.165) is 22.7 Å². The molecule has 6 rings (SSSR count). The molecule has 2 fully saturated rings. The smallest absolute Gasteiger partial charge is 0.395 e. The van der Waals surface area contributed by atoms with E-state index in [1.165, 1.54) is 11.4 Å². The van der Waals surface area contributed by atoms with Crippen molar-refractivity contribution in [3.8, 4) is 5.75 Å². The molecule has 1 atom stereocenters. The second kappa shape index (κ2) is 14.2. The number of aromatic amines is 1. The van der Waals surface area contributed by atoms with Crippen molar-refractivity contribution in [2.24, 2.45) is 0 Å². The molecule has 9 nitrogen and oxygen atoms in total. The molecule has 1 spiro atoms. The van der Waals surface area contributed by atoms with Gasteiger partial charge >= 0.3 is 11.0 Å². The van der Waals surface area contributed by atoms with Gasteiger partial charge in [-0.2, -0.15) is 13.2 Å². The molecule has 1 amide bonds. The molecule has 0 bridgehead atoms. The monoisotopic (exact) mass is 708 g/mol. The van der Waals surface area contributed by atoms with E-state index in [1.54, 1.807) is 23.1 Å². The highest BCUT2D eigenvalue weighted by Gasteiger charge is 2.41. The molecule has 2 aliphatic heterocycles. The van der Waals surface area contributed by atoms with Crippen LogP contribution in [0.4, 0.5) is 17.6 Å². The number of rotatable bonds is 10. The molecule has 48 heavy (non-hydrogen) atoms. The SMILES string of the molecule is O=C(c1csc(CC(F)(F)F)n1)N1CCOC2(CCN(Cc3cccc(CCCC[C@H](O)c4ccc(O)c5[nH]c(=O)sc45)c3F)CC2)C1. The Bertz CT molecular complexity index is 1820. The molecule has 2 aliphatic rings. The quantitative estimate of drug-likeness (QED) is 0.138. The van der Waals surface area contributed by atoms with E-state index >= 15 is 4.39 Å². The number of aliphatic hydroxyl groups is 1. The van der Waals surface area contributed by atoms with Crippen molar-refractivity contribution in [1.82, 2.24) is 19.8 Å². The number of H-pyrrole nitrogens is 1. The van der Waals surface area contributed by atoms with E-state index in [-0.39, 0.29) is 27.1 Å². The fourth-order valence-electron chi connectivity index (χ4n) is 6.56. The Morgan fingerprint density at radius 2 is 1.90 bits per heavy atom. The number of carbonyl (C=O) groups is 1. The normalized spacial score (nSPS) is 17.7. The Labute approximate surface area is 281 Å². The number of nitrogens with one attached hydrogen (secondary N) is 1. The molecule has 4 aromatic rings. The topological polar surface area (TPSA) is 119 Å². The number of carbonyl (C=O) groups excluding carboxylic acids is 1. The Kier molecular flexibility index (Phi) is 10.2. The highest BCUT2D eigenvalue weighted by Crippen LogP contribution is 2.34. The van der Waals surface area contributed by atoms with Crippen LogP contribution in [0.15, 0.2) is 40.5 Å². The first kappa shape index (κ1) is 34.5. The number of morpholine rings is 1. The van der Waals surface area contributed by atoms with Crippen LogP contribution in [-0.2, 0) is 24.1 Å². The van der Waals surface area contributed by atoms with Gasteiger partial charge in [-0.15, -0.1) is 11.3 Å². The summed E-state index contributed by atoms with van der Waals surface area (Å²) in [5.41, 5.74) is 1.57. The van der Waals surface area contributed by atoms with Crippen molar-refractivity contribution < 1.29 is 37.3 Å². The third-order valence-electron chi connectivity index (χ3n) is 9.10. The van der Waals surface area contributed by atoms with Gasteiger partial charge in [0, 0.05) is 42.7 Å². The van der Waals surface area contributed by atoms with Crippen LogP contribution in [0.25, 0.3) is 10.2 Å². The molecule has 0 saturated carbocycles. The maximum absolute atomic E-state index is 15.6. The second-order valence-corrected chi connectivity index (χ2v) is 14.4. The zero-order valence-electron chi connectivity index (χ0n) is 26.0. The van der Waals surface area contributed by atoms with Crippen LogP contribution < -0.4 is 4.87 Å². The number of nitrogens with zero attached hydrogens (tertiary/aromatic N) is 3. The number of hydrogen-bond donors (Lipinski definition) is 3. The molecule has 3 N–H and O–H groups in total. The predicted molar refractivity (Wildman–Crippen MR) is 174 cm³/mol. The fourth-order valence-corrected chi connectivity index (χ4v) is 8.28.